The molecule has 0 radical (unpaired) electrons. The van der Waals surface area contributed by atoms with E-state index in [-0.39, 0.29) is 36.3 Å². The summed E-state index contributed by atoms with van der Waals surface area (Å²) in [5.74, 6) is 0.253. The van der Waals surface area contributed by atoms with E-state index < -0.39 is 15.1 Å². The smallest absolute Gasteiger partial charge is 0.344 e. The lowest BCUT2D eigenvalue weighted by atomic mass is 10.2. The van der Waals surface area contributed by atoms with Crippen molar-refractivity contribution in [3.8, 4) is 5.75 Å². The second kappa shape index (κ2) is 10.0. The lowest BCUT2D eigenvalue weighted by Crippen LogP contribution is -2.37. The molecule has 0 bridgehead atoms. The number of rotatable bonds is 8. The fourth-order valence-corrected chi connectivity index (χ4v) is 4.77. The molecule has 1 amide bonds. The number of thiazole rings is 1. The van der Waals surface area contributed by atoms with Crippen molar-refractivity contribution >= 4 is 26.4 Å². The Morgan fingerprint density at radius 2 is 1.81 bits per heavy atom. The first-order valence-corrected chi connectivity index (χ1v) is 12.0. The number of halogens is 1. The van der Waals surface area contributed by atoms with Gasteiger partial charge in [-0.25, -0.2) is 17.8 Å². The van der Waals surface area contributed by atoms with Crippen LogP contribution in [0.4, 0.5) is 9.18 Å². The van der Waals surface area contributed by atoms with Crippen molar-refractivity contribution in [1.82, 2.24) is 9.88 Å². The van der Waals surface area contributed by atoms with Crippen LogP contribution in [0.1, 0.15) is 24.5 Å². The zero-order valence-electron chi connectivity index (χ0n) is 17.2. The number of carbonyl (C=O) groups is 1. The SMILES string of the molecule is CC(C)CN(Cc1csc(COc2ccc(F)cc2)n1)C(=O)S(=O)(=O)c1ccccc1. The second-order valence-corrected chi connectivity index (χ2v) is 10.1. The minimum Gasteiger partial charge on any atom is -0.486 e. The first-order valence-electron chi connectivity index (χ1n) is 9.66. The number of ether oxygens (including phenoxy) is 1. The number of aromatic nitrogens is 1. The van der Waals surface area contributed by atoms with E-state index in [0.717, 1.165) is 0 Å². The molecule has 3 aromatic rings. The van der Waals surface area contributed by atoms with Gasteiger partial charge in [-0.2, -0.15) is 0 Å². The lowest BCUT2D eigenvalue weighted by molar-refractivity contribution is 0.209. The fourth-order valence-electron chi connectivity index (χ4n) is 2.87. The Bertz CT molecular complexity index is 1110. The topological polar surface area (TPSA) is 76.6 Å². The molecule has 0 atom stereocenters. The summed E-state index contributed by atoms with van der Waals surface area (Å²) in [4.78, 5) is 18.7. The zero-order valence-corrected chi connectivity index (χ0v) is 18.8. The molecule has 0 aliphatic rings. The van der Waals surface area contributed by atoms with Crippen molar-refractivity contribution in [3.05, 3.63) is 76.5 Å². The molecule has 31 heavy (non-hydrogen) atoms. The zero-order chi connectivity index (χ0) is 22.4. The van der Waals surface area contributed by atoms with Crippen LogP contribution in [0, 0.1) is 11.7 Å². The molecular weight excluding hydrogens is 439 g/mol. The highest BCUT2D eigenvalue weighted by molar-refractivity contribution is 8.06. The van der Waals surface area contributed by atoms with Crippen molar-refractivity contribution in [2.45, 2.75) is 31.9 Å². The van der Waals surface area contributed by atoms with Crippen molar-refractivity contribution in [2.75, 3.05) is 6.54 Å². The summed E-state index contributed by atoms with van der Waals surface area (Å²) >= 11 is 1.35. The van der Waals surface area contributed by atoms with Gasteiger partial charge >= 0.3 is 5.24 Å². The quantitative estimate of drug-likeness (QED) is 0.475. The van der Waals surface area contributed by atoms with Crippen LogP contribution in [0.2, 0.25) is 0 Å². The molecular formula is C22H23FN2O4S2. The van der Waals surface area contributed by atoms with Crippen molar-refractivity contribution in [3.63, 3.8) is 0 Å². The van der Waals surface area contributed by atoms with Crippen molar-refractivity contribution in [1.29, 1.82) is 0 Å². The molecule has 0 unspecified atom stereocenters. The van der Waals surface area contributed by atoms with Crippen LogP contribution in [0.25, 0.3) is 0 Å². The third-order valence-corrected chi connectivity index (χ3v) is 6.74. The molecule has 164 valence electrons. The average Bonchev–Trinajstić information content (AvgIpc) is 3.20. The summed E-state index contributed by atoms with van der Waals surface area (Å²) in [6, 6.07) is 13.4. The first-order chi connectivity index (χ1) is 14.8. The van der Waals surface area contributed by atoms with Gasteiger partial charge < -0.3 is 9.64 Å². The summed E-state index contributed by atoms with van der Waals surface area (Å²) in [7, 11) is -4.14. The van der Waals surface area contributed by atoms with E-state index in [2.05, 4.69) is 4.98 Å². The minimum atomic E-state index is -4.14. The molecule has 0 N–H and O–H groups in total. The number of hydrogen-bond donors (Lipinski definition) is 0. The highest BCUT2D eigenvalue weighted by Gasteiger charge is 2.31. The molecule has 0 spiro atoms. The van der Waals surface area contributed by atoms with Crippen molar-refractivity contribution in [2.24, 2.45) is 5.92 Å². The van der Waals surface area contributed by atoms with Crippen molar-refractivity contribution < 1.29 is 22.3 Å². The Morgan fingerprint density at radius 1 is 1.13 bits per heavy atom. The molecule has 9 heteroatoms. The standard InChI is InChI=1S/C22H23FN2O4S2/c1-16(2)12-25(22(26)31(27,28)20-6-4-3-5-7-20)13-18-15-30-21(24-18)14-29-19-10-8-17(23)9-11-19/h3-11,15-16H,12-14H2,1-2H3. The van der Waals surface area contributed by atoms with Crippen LogP contribution < -0.4 is 4.74 Å². The predicted octanol–water partition coefficient (Wildman–Crippen LogP) is 4.91. The Kier molecular flexibility index (Phi) is 7.40. The Hall–Kier alpha value is -2.78. The monoisotopic (exact) mass is 462 g/mol. The molecule has 0 fully saturated rings. The van der Waals surface area contributed by atoms with E-state index in [9.17, 15) is 17.6 Å². The van der Waals surface area contributed by atoms with Crippen LogP contribution in [0.5, 0.6) is 5.75 Å². The maximum absolute atomic E-state index is 13.0. The van der Waals surface area contributed by atoms with E-state index in [1.165, 1.54) is 52.6 Å². The van der Waals surface area contributed by atoms with Gasteiger partial charge in [0.05, 0.1) is 17.1 Å². The molecule has 0 aliphatic carbocycles. The van der Waals surface area contributed by atoms with E-state index in [0.29, 0.717) is 16.5 Å². The molecule has 6 nitrogen and oxygen atoms in total. The van der Waals surface area contributed by atoms with Crippen LogP contribution >= 0.6 is 11.3 Å². The van der Waals surface area contributed by atoms with Gasteiger partial charge in [-0.3, -0.25) is 4.79 Å². The van der Waals surface area contributed by atoms with Crippen LogP contribution in [-0.2, 0) is 23.0 Å². The van der Waals surface area contributed by atoms with Gasteiger partial charge in [-0.15, -0.1) is 11.3 Å². The van der Waals surface area contributed by atoms with Gasteiger partial charge in [0.2, 0.25) is 0 Å². The molecule has 0 saturated heterocycles. The first kappa shape index (κ1) is 22.9. The summed E-state index contributed by atoms with van der Waals surface area (Å²) in [6.07, 6.45) is 0. The second-order valence-electron chi connectivity index (χ2n) is 7.33. The maximum atomic E-state index is 13.0. The third-order valence-electron chi connectivity index (χ3n) is 4.26. The Morgan fingerprint density at radius 3 is 2.45 bits per heavy atom. The third kappa shape index (κ3) is 6.11. The number of sulfone groups is 1. The molecule has 0 saturated carbocycles. The Labute approximate surface area is 185 Å². The highest BCUT2D eigenvalue weighted by atomic mass is 32.2. The van der Waals surface area contributed by atoms with Crippen LogP contribution in [0.15, 0.2) is 64.9 Å². The Balaban J connectivity index is 1.71. The predicted molar refractivity (Wildman–Crippen MR) is 117 cm³/mol. The van der Waals surface area contributed by atoms with Crippen LogP contribution in [0.3, 0.4) is 0 Å². The number of carbonyl (C=O) groups excluding carboxylic acids is 1. The van der Waals surface area contributed by atoms with Gasteiger partial charge in [-0.1, -0.05) is 32.0 Å². The number of hydrogen-bond acceptors (Lipinski definition) is 6. The lowest BCUT2D eigenvalue weighted by Gasteiger charge is -2.23. The van der Waals surface area contributed by atoms with Gasteiger partial charge in [0, 0.05) is 11.9 Å². The highest BCUT2D eigenvalue weighted by Crippen LogP contribution is 2.20. The van der Waals surface area contributed by atoms with Gasteiger partial charge in [0.15, 0.2) is 0 Å². The number of amides is 1. The summed E-state index contributed by atoms with van der Waals surface area (Å²) in [5.41, 5.74) is 0.583. The van der Waals surface area contributed by atoms with Gasteiger partial charge in [0.25, 0.3) is 9.84 Å². The molecule has 3 rings (SSSR count). The average molecular weight is 463 g/mol. The molecule has 2 aromatic carbocycles. The van der Waals surface area contributed by atoms with Gasteiger partial charge in [-0.05, 0) is 42.3 Å². The largest absolute Gasteiger partial charge is 0.486 e. The van der Waals surface area contributed by atoms with E-state index in [1.54, 1.807) is 23.6 Å². The molecule has 0 aliphatic heterocycles. The summed E-state index contributed by atoms with van der Waals surface area (Å²) in [5, 5.41) is 1.51. The minimum absolute atomic E-state index is 0.0274. The normalized spacial score (nSPS) is 11.5. The van der Waals surface area contributed by atoms with E-state index in [1.807, 2.05) is 13.8 Å². The summed E-state index contributed by atoms with van der Waals surface area (Å²) < 4.78 is 44.1. The fraction of sp³-hybridized carbons (Fsp3) is 0.273. The summed E-state index contributed by atoms with van der Waals surface area (Å²) in [6.45, 7) is 4.38. The maximum Gasteiger partial charge on any atom is 0.344 e. The molecule has 1 aromatic heterocycles. The van der Waals surface area contributed by atoms with E-state index in [4.69, 9.17) is 4.74 Å². The number of benzene rings is 2. The van der Waals surface area contributed by atoms with E-state index >= 15 is 0 Å². The molecule has 1 heterocycles. The van der Waals surface area contributed by atoms with Gasteiger partial charge in [0.1, 0.15) is 23.2 Å². The van der Waals surface area contributed by atoms with Crippen LogP contribution in [-0.4, -0.2) is 30.1 Å². The number of nitrogens with zero attached hydrogens (tertiary/aromatic N) is 2.